The number of likely N-dealkylation sites (N-methyl/N-ethyl adjacent to an activating group) is 1. The van der Waals surface area contributed by atoms with Crippen molar-refractivity contribution in [2.75, 3.05) is 25.6 Å². The molecular weight excluding hydrogens is 238 g/mol. The van der Waals surface area contributed by atoms with Crippen LogP contribution in [0.3, 0.4) is 0 Å². The summed E-state index contributed by atoms with van der Waals surface area (Å²) in [6, 6.07) is 0. The summed E-state index contributed by atoms with van der Waals surface area (Å²) in [5.74, 6) is 5.19. The van der Waals surface area contributed by atoms with Crippen LogP contribution in [0.1, 0.15) is 27.7 Å². The van der Waals surface area contributed by atoms with Gasteiger partial charge in [-0.3, -0.25) is 0 Å². The minimum Gasteiger partial charge on any atom is -0.462 e. The number of anilines is 1. The maximum atomic E-state index is 11.9. The SMILES string of the molecule is CCOC(=O)c1c(NN)sc2c1CCN(C)C2. The number of rotatable bonds is 3. The molecule has 94 valence electrons. The Morgan fingerprint density at radius 3 is 3.06 bits per heavy atom. The van der Waals surface area contributed by atoms with Gasteiger partial charge in [0.05, 0.1) is 12.2 Å². The van der Waals surface area contributed by atoms with Crippen molar-refractivity contribution in [3.63, 3.8) is 0 Å². The Labute approximate surface area is 105 Å². The van der Waals surface area contributed by atoms with Crippen LogP contribution in [0.15, 0.2) is 0 Å². The van der Waals surface area contributed by atoms with Gasteiger partial charge in [-0.15, -0.1) is 11.3 Å². The molecule has 17 heavy (non-hydrogen) atoms. The van der Waals surface area contributed by atoms with E-state index in [1.165, 1.54) is 4.88 Å². The Hall–Kier alpha value is -1.11. The van der Waals surface area contributed by atoms with E-state index < -0.39 is 0 Å². The summed E-state index contributed by atoms with van der Waals surface area (Å²) in [4.78, 5) is 15.3. The summed E-state index contributed by atoms with van der Waals surface area (Å²) in [6.45, 7) is 4.02. The Kier molecular flexibility index (Phi) is 3.66. The molecule has 0 saturated carbocycles. The number of nitrogens with one attached hydrogen (secondary N) is 1. The highest BCUT2D eigenvalue weighted by Crippen LogP contribution is 2.36. The van der Waals surface area contributed by atoms with Crippen LogP contribution >= 0.6 is 11.3 Å². The zero-order valence-corrected chi connectivity index (χ0v) is 10.9. The fourth-order valence-corrected chi connectivity index (χ4v) is 3.28. The Balaban J connectivity index is 2.39. The van der Waals surface area contributed by atoms with Gasteiger partial charge >= 0.3 is 5.97 Å². The number of esters is 1. The summed E-state index contributed by atoms with van der Waals surface area (Å²) in [7, 11) is 2.07. The summed E-state index contributed by atoms with van der Waals surface area (Å²) < 4.78 is 5.08. The number of fused-ring (bicyclic) bond motifs is 1. The number of thiophene rings is 1. The minimum absolute atomic E-state index is 0.275. The number of carbonyl (C=O) groups excluding carboxylic acids is 1. The molecule has 0 aromatic carbocycles. The quantitative estimate of drug-likeness (QED) is 0.482. The maximum Gasteiger partial charge on any atom is 0.341 e. The van der Waals surface area contributed by atoms with E-state index in [0.717, 1.165) is 25.1 Å². The maximum absolute atomic E-state index is 11.9. The lowest BCUT2D eigenvalue weighted by molar-refractivity contribution is 0.0526. The molecule has 0 atom stereocenters. The molecule has 0 unspecified atom stereocenters. The monoisotopic (exact) mass is 255 g/mol. The summed E-state index contributed by atoms with van der Waals surface area (Å²) in [5, 5.41) is 0.712. The second-order valence-electron chi connectivity index (χ2n) is 4.06. The molecule has 2 rings (SSSR count). The third kappa shape index (κ3) is 2.29. The van der Waals surface area contributed by atoms with Gasteiger partial charge < -0.3 is 15.1 Å². The summed E-state index contributed by atoms with van der Waals surface area (Å²) >= 11 is 1.54. The molecule has 1 aliphatic rings. The van der Waals surface area contributed by atoms with Crippen LogP contribution in [0.4, 0.5) is 5.00 Å². The van der Waals surface area contributed by atoms with E-state index in [-0.39, 0.29) is 5.97 Å². The molecule has 2 heterocycles. The Morgan fingerprint density at radius 2 is 2.41 bits per heavy atom. The van der Waals surface area contributed by atoms with Crippen LogP contribution in [-0.4, -0.2) is 31.1 Å². The third-order valence-corrected chi connectivity index (χ3v) is 4.01. The molecule has 3 N–H and O–H groups in total. The van der Waals surface area contributed by atoms with Crippen LogP contribution in [0.25, 0.3) is 0 Å². The first-order valence-electron chi connectivity index (χ1n) is 5.64. The average Bonchev–Trinajstić information content (AvgIpc) is 2.66. The first kappa shape index (κ1) is 12.3. The van der Waals surface area contributed by atoms with Crippen LogP contribution in [0.5, 0.6) is 0 Å². The number of ether oxygens (including phenoxy) is 1. The highest BCUT2D eigenvalue weighted by molar-refractivity contribution is 7.16. The predicted octanol–water partition coefficient (Wildman–Crippen LogP) is 1.20. The van der Waals surface area contributed by atoms with Crippen molar-refractivity contribution < 1.29 is 9.53 Å². The van der Waals surface area contributed by atoms with E-state index in [2.05, 4.69) is 17.4 Å². The van der Waals surface area contributed by atoms with Crippen molar-refractivity contribution in [2.45, 2.75) is 19.9 Å². The van der Waals surface area contributed by atoms with E-state index in [0.29, 0.717) is 17.2 Å². The fourth-order valence-electron chi connectivity index (χ4n) is 2.05. The number of carbonyl (C=O) groups is 1. The number of nitrogens with zero attached hydrogens (tertiary/aromatic N) is 1. The highest BCUT2D eigenvalue weighted by atomic mass is 32.1. The second kappa shape index (κ2) is 5.03. The highest BCUT2D eigenvalue weighted by Gasteiger charge is 2.27. The zero-order chi connectivity index (χ0) is 12.4. The number of hydrazine groups is 1. The Morgan fingerprint density at radius 1 is 1.65 bits per heavy atom. The molecule has 5 nitrogen and oxygen atoms in total. The van der Waals surface area contributed by atoms with E-state index in [1.54, 1.807) is 18.3 Å². The molecular formula is C11H17N3O2S. The molecule has 0 spiro atoms. The molecule has 0 saturated heterocycles. The van der Waals surface area contributed by atoms with Crippen molar-refractivity contribution in [2.24, 2.45) is 5.84 Å². The van der Waals surface area contributed by atoms with Crippen molar-refractivity contribution in [3.8, 4) is 0 Å². The molecule has 0 radical (unpaired) electrons. The first-order valence-corrected chi connectivity index (χ1v) is 6.45. The van der Waals surface area contributed by atoms with E-state index in [1.807, 2.05) is 0 Å². The number of nitrogens with two attached hydrogens (primary N) is 1. The topological polar surface area (TPSA) is 67.6 Å². The van der Waals surface area contributed by atoms with Crippen LogP contribution in [0, 0.1) is 0 Å². The van der Waals surface area contributed by atoms with E-state index in [4.69, 9.17) is 10.6 Å². The smallest absolute Gasteiger partial charge is 0.341 e. The summed E-state index contributed by atoms with van der Waals surface area (Å²) in [5.41, 5.74) is 4.33. The van der Waals surface area contributed by atoms with Crippen molar-refractivity contribution >= 4 is 22.3 Å². The number of hydrogen-bond acceptors (Lipinski definition) is 6. The van der Waals surface area contributed by atoms with Gasteiger partial charge in [0, 0.05) is 18.0 Å². The van der Waals surface area contributed by atoms with E-state index >= 15 is 0 Å². The van der Waals surface area contributed by atoms with Gasteiger partial charge in [-0.05, 0) is 26.0 Å². The molecule has 0 amide bonds. The van der Waals surface area contributed by atoms with Gasteiger partial charge in [0.15, 0.2) is 0 Å². The van der Waals surface area contributed by atoms with Crippen LogP contribution in [0.2, 0.25) is 0 Å². The molecule has 1 aromatic heterocycles. The fraction of sp³-hybridized carbons (Fsp3) is 0.545. The van der Waals surface area contributed by atoms with Crippen LogP contribution in [-0.2, 0) is 17.7 Å². The zero-order valence-electron chi connectivity index (χ0n) is 10.1. The third-order valence-electron chi connectivity index (χ3n) is 2.86. The van der Waals surface area contributed by atoms with E-state index in [9.17, 15) is 4.79 Å². The second-order valence-corrected chi connectivity index (χ2v) is 5.17. The summed E-state index contributed by atoms with van der Waals surface area (Å²) in [6.07, 6.45) is 0.873. The van der Waals surface area contributed by atoms with Gasteiger partial charge in [0.2, 0.25) is 0 Å². The number of hydrogen-bond donors (Lipinski definition) is 2. The molecule has 6 heteroatoms. The molecule has 0 fully saturated rings. The normalized spacial score (nSPS) is 15.5. The molecule has 1 aromatic rings. The number of nitrogen functional groups attached to an aromatic ring is 1. The Bertz CT molecular complexity index is 431. The lowest BCUT2D eigenvalue weighted by atomic mass is 10.0. The lowest BCUT2D eigenvalue weighted by Gasteiger charge is -2.22. The standard InChI is InChI=1S/C11H17N3O2S/c1-3-16-11(15)9-7-4-5-14(2)6-8(7)17-10(9)13-12/h13H,3-6,12H2,1-2H3. The van der Waals surface area contributed by atoms with Gasteiger partial charge in [0.1, 0.15) is 5.00 Å². The molecule has 0 bridgehead atoms. The average molecular weight is 255 g/mol. The minimum atomic E-state index is -0.275. The van der Waals surface area contributed by atoms with Crippen molar-refractivity contribution in [3.05, 3.63) is 16.0 Å². The first-order chi connectivity index (χ1) is 8.17. The van der Waals surface area contributed by atoms with Crippen molar-refractivity contribution in [1.29, 1.82) is 0 Å². The predicted molar refractivity (Wildman–Crippen MR) is 68.1 cm³/mol. The largest absolute Gasteiger partial charge is 0.462 e. The van der Waals surface area contributed by atoms with Crippen LogP contribution < -0.4 is 11.3 Å². The molecule has 0 aliphatic carbocycles. The lowest BCUT2D eigenvalue weighted by Crippen LogP contribution is -2.26. The van der Waals surface area contributed by atoms with Gasteiger partial charge in [0.25, 0.3) is 0 Å². The van der Waals surface area contributed by atoms with Gasteiger partial charge in [-0.1, -0.05) is 0 Å². The van der Waals surface area contributed by atoms with Gasteiger partial charge in [-0.2, -0.15) is 0 Å². The van der Waals surface area contributed by atoms with Gasteiger partial charge in [-0.25, -0.2) is 10.6 Å². The van der Waals surface area contributed by atoms with Crippen molar-refractivity contribution in [1.82, 2.24) is 4.90 Å². The molecule has 1 aliphatic heterocycles.